The third kappa shape index (κ3) is 2.07. The largest absolute Gasteiger partial charge is 0.469 e. The van der Waals surface area contributed by atoms with Crippen molar-refractivity contribution in [3.8, 4) is 11.3 Å². The Labute approximate surface area is 135 Å². The lowest BCUT2D eigenvalue weighted by atomic mass is 9.74. The molecular weight excluding hydrogens is 286 g/mol. The summed E-state index contributed by atoms with van der Waals surface area (Å²) in [6.07, 6.45) is 0.381. The van der Waals surface area contributed by atoms with Gasteiger partial charge >= 0.3 is 5.97 Å². The smallest absolute Gasteiger partial charge is 0.306 e. The number of aromatic nitrogens is 1. The highest BCUT2D eigenvalue weighted by Crippen LogP contribution is 2.44. The molecule has 0 N–H and O–H groups in total. The minimum absolute atomic E-state index is 0.165. The van der Waals surface area contributed by atoms with E-state index in [2.05, 4.69) is 60.0 Å². The normalized spacial score (nSPS) is 19.2. The zero-order chi connectivity index (χ0) is 16.0. The molecule has 0 spiro atoms. The molecule has 23 heavy (non-hydrogen) atoms. The number of nitrogens with zero attached hydrogens (tertiary/aromatic N) is 1. The number of carbonyl (C=O) groups excluding carboxylic acids is 1. The summed E-state index contributed by atoms with van der Waals surface area (Å²) >= 11 is 0. The molecule has 1 aliphatic rings. The number of ether oxygens (including phenoxy) is 1. The van der Waals surface area contributed by atoms with Gasteiger partial charge in [0.2, 0.25) is 0 Å². The third-order valence-electron chi connectivity index (χ3n) is 4.93. The van der Waals surface area contributed by atoms with E-state index in [-0.39, 0.29) is 11.4 Å². The number of rotatable bonds is 2. The fraction of sp³-hybridized carbons (Fsp3) is 0.250. The molecule has 3 nitrogen and oxygen atoms in total. The van der Waals surface area contributed by atoms with Crippen molar-refractivity contribution in [2.45, 2.75) is 25.3 Å². The number of fused-ring (bicyclic) bond motifs is 5. The minimum Gasteiger partial charge on any atom is -0.469 e. The highest BCUT2D eigenvalue weighted by Gasteiger charge is 2.37. The van der Waals surface area contributed by atoms with Crippen LogP contribution < -0.4 is 0 Å². The number of para-hydroxylation sites is 1. The number of methoxy groups -OCH3 is 1. The Bertz CT molecular complexity index is 909. The van der Waals surface area contributed by atoms with E-state index < -0.39 is 0 Å². The molecule has 0 bridgehead atoms. The van der Waals surface area contributed by atoms with Crippen LogP contribution in [0.1, 0.15) is 18.9 Å². The zero-order valence-electron chi connectivity index (χ0n) is 13.4. The molecule has 4 rings (SSSR count). The molecule has 3 aromatic rings. The number of esters is 1. The summed E-state index contributed by atoms with van der Waals surface area (Å²) < 4.78 is 7.28. The van der Waals surface area contributed by atoms with Gasteiger partial charge in [0.05, 0.1) is 13.5 Å². The number of hydrogen-bond acceptors (Lipinski definition) is 2. The summed E-state index contributed by atoms with van der Waals surface area (Å²) in [5.74, 6) is -0.165. The second-order valence-corrected chi connectivity index (χ2v) is 6.53. The van der Waals surface area contributed by atoms with Crippen LogP contribution in [-0.2, 0) is 21.5 Å². The predicted molar refractivity (Wildman–Crippen MR) is 91.4 cm³/mol. The molecule has 0 saturated heterocycles. The van der Waals surface area contributed by atoms with Gasteiger partial charge in [-0.1, -0.05) is 49.4 Å². The first-order valence-electron chi connectivity index (χ1n) is 7.87. The van der Waals surface area contributed by atoms with Gasteiger partial charge in [-0.15, -0.1) is 0 Å². The van der Waals surface area contributed by atoms with Crippen molar-refractivity contribution in [2.75, 3.05) is 7.11 Å². The van der Waals surface area contributed by atoms with Crippen LogP contribution in [0, 0.1) is 0 Å². The molecule has 1 atom stereocenters. The van der Waals surface area contributed by atoms with E-state index in [4.69, 9.17) is 4.74 Å². The predicted octanol–water partition coefficient (Wildman–Crippen LogP) is 4.14. The van der Waals surface area contributed by atoms with E-state index in [1.54, 1.807) is 0 Å². The van der Waals surface area contributed by atoms with E-state index in [0.717, 1.165) is 6.54 Å². The van der Waals surface area contributed by atoms with E-state index in [0.29, 0.717) is 6.42 Å². The summed E-state index contributed by atoms with van der Waals surface area (Å²) in [6, 6.07) is 19.0. The number of hydrogen-bond donors (Lipinski definition) is 0. The van der Waals surface area contributed by atoms with Crippen molar-refractivity contribution >= 4 is 16.9 Å². The third-order valence-corrected chi connectivity index (χ3v) is 4.93. The van der Waals surface area contributed by atoms with Crippen LogP contribution >= 0.6 is 0 Å². The van der Waals surface area contributed by atoms with Crippen molar-refractivity contribution < 1.29 is 9.53 Å². The quantitative estimate of drug-likeness (QED) is 0.666. The van der Waals surface area contributed by atoms with Crippen LogP contribution in [0.25, 0.3) is 22.2 Å². The average molecular weight is 305 g/mol. The lowest BCUT2D eigenvalue weighted by Crippen LogP contribution is -2.35. The van der Waals surface area contributed by atoms with Gasteiger partial charge in [0.15, 0.2) is 0 Å². The molecule has 116 valence electrons. The topological polar surface area (TPSA) is 31.2 Å². The van der Waals surface area contributed by atoms with Crippen LogP contribution in [0.15, 0.2) is 54.6 Å². The van der Waals surface area contributed by atoms with Crippen LogP contribution in [0.3, 0.4) is 0 Å². The maximum atomic E-state index is 12.0. The minimum atomic E-state index is -0.265. The van der Waals surface area contributed by atoms with Crippen molar-refractivity contribution in [1.82, 2.24) is 4.57 Å². The van der Waals surface area contributed by atoms with Crippen molar-refractivity contribution in [3.63, 3.8) is 0 Å². The second kappa shape index (κ2) is 4.98. The van der Waals surface area contributed by atoms with Gasteiger partial charge in [0, 0.05) is 34.1 Å². The van der Waals surface area contributed by atoms with Crippen LogP contribution in [0.5, 0.6) is 0 Å². The first-order chi connectivity index (χ1) is 11.1. The summed E-state index contributed by atoms with van der Waals surface area (Å²) in [4.78, 5) is 12.0. The molecule has 1 aliphatic heterocycles. The van der Waals surface area contributed by atoms with Crippen LogP contribution in [0.4, 0.5) is 0 Å². The standard InChI is InChI=1S/C20H19NO2/c1-20(12-19(22)23-2)13-21-17-10-6-3-7-14(17)11-18(21)15-8-4-5-9-16(15)20/h3-11H,12-13H2,1-2H3. The lowest BCUT2D eigenvalue weighted by Gasteiger charge is -2.37. The summed E-state index contributed by atoms with van der Waals surface area (Å²) in [5.41, 5.74) is 4.61. The maximum absolute atomic E-state index is 12.0. The zero-order valence-corrected chi connectivity index (χ0v) is 13.4. The van der Waals surface area contributed by atoms with Gasteiger partial charge in [-0.3, -0.25) is 4.79 Å². The summed E-state index contributed by atoms with van der Waals surface area (Å²) in [5, 5.41) is 1.24. The van der Waals surface area contributed by atoms with Crippen LogP contribution in [-0.4, -0.2) is 17.6 Å². The maximum Gasteiger partial charge on any atom is 0.306 e. The van der Waals surface area contributed by atoms with E-state index in [9.17, 15) is 4.79 Å². The first kappa shape index (κ1) is 14.1. The van der Waals surface area contributed by atoms with Crippen molar-refractivity contribution in [2.24, 2.45) is 0 Å². The number of benzene rings is 2. The van der Waals surface area contributed by atoms with Crippen LogP contribution in [0.2, 0.25) is 0 Å². The Kier molecular flexibility index (Phi) is 3.05. The Morgan fingerprint density at radius 2 is 1.91 bits per heavy atom. The molecule has 1 unspecified atom stereocenters. The van der Waals surface area contributed by atoms with Gasteiger partial charge in [-0.2, -0.15) is 0 Å². The monoisotopic (exact) mass is 305 g/mol. The Balaban J connectivity index is 1.96. The average Bonchev–Trinajstić information content (AvgIpc) is 2.93. The second-order valence-electron chi connectivity index (χ2n) is 6.53. The van der Waals surface area contributed by atoms with Gasteiger partial charge in [0.1, 0.15) is 0 Å². The van der Waals surface area contributed by atoms with Gasteiger partial charge in [-0.25, -0.2) is 0 Å². The van der Waals surface area contributed by atoms with Gasteiger partial charge in [0.25, 0.3) is 0 Å². The number of carbonyl (C=O) groups is 1. The molecule has 2 aromatic carbocycles. The summed E-state index contributed by atoms with van der Waals surface area (Å²) in [6.45, 7) is 2.93. The van der Waals surface area contributed by atoms with Crippen molar-refractivity contribution in [1.29, 1.82) is 0 Å². The Morgan fingerprint density at radius 3 is 2.74 bits per heavy atom. The molecule has 0 saturated carbocycles. The lowest BCUT2D eigenvalue weighted by molar-refractivity contribution is -0.142. The van der Waals surface area contributed by atoms with E-state index >= 15 is 0 Å². The molecule has 0 fully saturated rings. The molecular formula is C20H19NO2. The summed E-state index contributed by atoms with van der Waals surface area (Å²) in [7, 11) is 1.46. The molecule has 0 aliphatic carbocycles. The van der Waals surface area contributed by atoms with Gasteiger partial charge in [-0.05, 0) is 17.7 Å². The van der Waals surface area contributed by atoms with Gasteiger partial charge < -0.3 is 9.30 Å². The van der Waals surface area contributed by atoms with E-state index in [1.807, 2.05) is 6.07 Å². The molecule has 0 amide bonds. The fourth-order valence-electron chi connectivity index (χ4n) is 3.81. The molecule has 2 heterocycles. The van der Waals surface area contributed by atoms with E-state index in [1.165, 1.54) is 34.8 Å². The first-order valence-corrected chi connectivity index (χ1v) is 7.87. The molecule has 3 heteroatoms. The SMILES string of the molecule is COC(=O)CC1(C)Cn2c(cc3ccccc32)-c2ccccc21. The molecule has 0 radical (unpaired) electrons. The highest BCUT2D eigenvalue weighted by molar-refractivity contribution is 5.89. The van der Waals surface area contributed by atoms with Crippen molar-refractivity contribution in [3.05, 3.63) is 60.2 Å². The highest BCUT2D eigenvalue weighted by atomic mass is 16.5. The Hall–Kier alpha value is -2.55. The Morgan fingerprint density at radius 1 is 1.17 bits per heavy atom. The fourth-order valence-corrected chi connectivity index (χ4v) is 3.81. The molecule has 1 aromatic heterocycles.